The Labute approximate surface area is 129 Å². The van der Waals surface area contributed by atoms with E-state index in [0.29, 0.717) is 18.2 Å². The molecule has 0 spiro atoms. The molecule has 0 saturated carbocycles. The minimum Gasteiger partial charge on any atom is -0.472 e. The topological polar surface area (TPSA) is 55.2 Å². The summed E-state index contributed by atoms with van der Waals surface area (Å²) in [6, 6.07) is 2.00. The van der Waals surface area contributed by atoms with Crippen molar-refractivity contribution < 1.29 is 18.7 Å². The van der Waals surface area contributed by atoms with Gasteiger partial charge in [-0.05, 0) is 18.9 Å². The highest BCUT2D eigenvalue weighted by Crippen LogP contribution is 2.26. The number of nitrogens with zero attached hydrogens (tertiary/aromatic N) is 2. The number of likely N-dealkylation sites (tertiary alicyclic amines) is 1. The largest absolute Gasteiger partial charge is 0.472 e. The molecular weight excluding hydrogens is 284 g/mol. The van der Waals surface area contributed by atoms with Gasteiger partial charge in [-0.3, -0.25) is 9.69 Å². The van der Waals surface area contributed by atoms with E-state index >= 15 is 0 Å². The molecular formula is C16H22N2O4. The van der Waals surface area contributed by atoms with Crippen molar-refractivity contribution in [1.82, 2.24) is 9.80 Å². The van der Waals surface area contributed by atoms with E-state index in [1.165, 1.54) is 12.5 Å². The number of furan rings is 1. The molecule has 0 aromatic carbocycles. The summed E-state index contributed by atoms with van der Waals surface area (Å²) in [4.78, 5) is 16.8. The van der Waals surface area contributed by atoms with Crippen LogP contribution in [0.1, 0.15) is 23.2 Å². The highest BCUT2D eigenvalue weighted by atomic mass is 16.5. The highest BCUT2D eigenvalue weighted by Gasteiger charge is 2.42. The molecule has 0 unspecified atom stereocenters. The molecule has 22 heavy (non-hydrogen) atoms. The van der Waals surface area contributed by atoms with Gasteiger partial charge in [0, 0.05) is 32.8 Å². The van der Waals surface area contributed by atoms with E-state index in [1.54, 1.807) is 6.07 Å². The first kappa shape index (κ1) is 14.2. The van der Waals surface area contributed by atoms with Crippen LogP contribution < -0.4 is 0 Å². The van der Waals surface area contributed by atoms with Crippen LogP contribution in [0.15, 0.2) is 23.0 Å². The second-order valence-corrected chi connectivity index (χ2v) is 6.33. The Morgan fingerprint density at radius 1 is 1.27 bits per heavy atom. The van der Waals surface area contributed by atoms with Crippen LogP contribution in [-0.2, 0) is 9.47 Å². The normalized spacial score (nSPS) is 32.4. The molecule has 1 aromatic heterocycles. The number of fused-ring (bicyclic) bond motifs is 1. The molecule has 0 radical (unpaired) electrons. The standard InChI is InChI=1S/C16H22N2O4/c19-16(12-3-6-20-11-12)18-9-14-15(10-18)22-7-4-17(14)8-13-2-1-5-21-13/h3,6,11,13-15H,1-2,4-5,7-10H2/t13-,14+,15-/m0/s1. The van der Waals surface area contributed by atoms with E-state index in [1.807, 2.05) is 4.90 Å². The number of rotatable bonds is 3. The molecule has 0 N–H and O–H groups in total. The fourth-order valence-corrected chi connectivity index (χ4v) is 3.77. The summed E-state index contributed by atoms with van der Waals surface area (Å²) in [5.74, 6) is 0.0313. The maximum Gasteiger partial charge on any atom is 0.257 e. The number of morpholine rings is 1. The van der Waals surface area contributed by atoms with Gasteiger partial charge in [-0.2, -0.15) is 0 Å². The van der Waals surface area contributed by atoms with Gasteiger partial charge in [0.25, 0.3) is 5.91 Å². The molecule has 4 rings (SSSR count). The van der Waals surface area contributed by atoms with Crippen molar-refractivity contribution in [2.45, 2.75) is 31.1 Å². The van der Waals surface area contributed by atoms with Crippen molar-refractivity contribution in [3.63, 3.8) is 0 Å². The molecule has 3 atom stereocenters. The van der Waals surface area contributed by atoms with Crippen molar-refractivity contribution in [3.05, 3.63) is 24.2 Å². The summed E-state index contributed by atoms with van der Waals surface area (Å²) in [6.07, 6.45) is 5.82. The SMILES string of the molecule is O=C(c1ccoc1)N1C[C@@H]2OCCN(C[C@@H]3CCCO3)[C@@H]2C1. The van der Waals surface area contributed by atoms with Crippen molar-refractivity contribution in [3.8, 4) is 0 Å². The first-order valence-corrected chi connectivity index (χ1v) is 8.10. The van der Waals surface area contributed by atoms with Crippen molar-refractivity contribution >= 4 is 5.91 Å². The average Bonchev–Trinajstić information content (AvgIpc) is 3.28. The van der Waals surface area contributed by atoms with Gasteiger partial charge < -0.3 is 18.8 Å². The fraction of sp³-hybridized carbons (Fsp3) is 0.688. The Morgan fingerprint density at radius 2 is 2.23 bits per heavy atom. The number of carbonyl (C=O) groups excluding carboxylic acids is 1. The van der Waals surface area contributed by atoms with Gasteiger partial charge >= 0.3 is 0 Å². The van der Waals surface area contributed by atoms with Crippen LogP contribution >= 0.6 is 0 Å². The minimum atomic E-state index is 0.0313. The van der Waals surface area contributed by atoms with Crippen LogP contribution in [0.25, 0.3) is 0 Å². The zero-order valence-electron chi connectivity index (χ0n) is 12.6. The van der Waals surface area contributed by atoms with E-state index in [9.17, 15) is 4.79 Å². The van der Waals surface area contributed by atoms with E-state index in [-0.39, 0.29) is 18.1 Å². The molecule has 1 amide bonds. The zero-order chi connectivity index (χ0) is 14.9. The lowest BCUT2D eigenvalue weighted by molar-refractivity contribution is -0.0614. The Hall–Kier alpha value is -1.37. The maximum atomic E-state index is 12.5. The van der Waals surface area contributed by atoms with Crippen molar-refractivity contribution in [2.24, 2.45) is 0 Å². The summed E-state index contributed by atoms with van der Waals surface area (Å²) in [5, 5.41) is 0. The molecule has 120 valence electrons. The Bertz CT molecular complexity index is 512. The highest BCUT2D eigenvalue weighted by molar-refractivity contribution is 5.94. The van der Waals surface area contributed by atoms with Crippen LogP contribution in [0, 0.1) is 0 Å². The Kier molecular flexibility index (Phi) is 3.90. The van der Waals surface area contributed by atoms with Crippen molar-refractivity contribution in [1.29, 1.82) is 0 Å². The predicted molar refractivity (Wildman–Crippen MR) is 78.7 cm³/mol. The summed E-state index contributed by atoms with van der Waals surface area (Å²) < 4.78 is 16.7. The first-order chi connectivity index (χ1) is 10.8. The average molecular weight is 306 g/mol. The van der Waals surface area contributed by atoms with Gasteiger partial charge in [0.2, 0.25) is 0 Å². The van der Waals surface area contributed by atoms with Gasteiger partial charge in [-0.1, -0.05) is 0 Å². The molecule has 3 saturated heterocycles. The van der Waals surface area contributed by atoms with Crippen LogP contribution in [0.3, 0.4) is 0 Å². The van der Waals surface area contributed by atoms with Crippen LogP contribution in [0.2, 0.25) is 0 Å². The fourth-order valence-electron chi connectivity index (χ4n) is 3.77. The number of amides is 1. The second kappa shape index (κ2) is 6.02. The van der Waals surface area contributed by atoms with Gasteiger partial charge in [-0.25, -0.2) is 0 Å². The third-order valence-corrected chi connectivity index (χ3v) is 4.93. The Morgan fingerprint density at radius 3 is 3.00 bits per heavy atom. The molecule has 4 heterocycles. The molecule has 6 nitrogen and oxygen atoms in total. The van der Waals surface area contributed by atoms with E-state index in [4.69, 9.17) is 13.9 Å². The number of hydrogen-bond donors (Lipinski definition) is 0. The van der Waals surface area contributed by atoms with Gasteiger partial charge in [0.05, 0.1) is 36.7 Å². The number of ether oxygens (including phenoxy) is 2. The lowest BCUT2D eigenvalue weighted by Crippen LogP contribution is -2.52. The summed E-state index contributed by atoms with van der Waals surface area (Å²) in [7, 11) is 0. The number of carbonyl (C=O) groups is 1. The summed E-state index contributed by atoms with van der Waals surface area (Å²) in [6.45, 7) is 4.89. The predicted octanol–water partition coefficient (Wildman–Crippen LogP) is 0.984. The second-order valence-electron chi connectivity index (χ2n) is 6.33. The molecule has 3 aliphatic rings. The lowest BCUT2D eigenvalue weighted by atomic mass is 10.1. The third-order valence-electron chi connectivity index (χ3n) is 4.93. The van der Waals surface area contributed by atoms with Gasteiger partial charge in [-0.15, -0.1) is 0 Å². The van der Waals surface area contributed by atoms with Gasteiger partial charge in [0.1, 0.15) is 6.26 Å². The monoisotopic (exact) mass is 306 g/mol. The summed E-state index contributed by atoms with van der Waals surface area (Å²) >= 11 is 0. The molecule has 6 heteroatoms. The van der Waals surface area contributed by atoms with Crippen LogP contribution in [-0.4, -0.2) is 73.3 Å². The molecule has 3 aliphatic heterocycles. The molecule has 3 fully saturated rings. The quantitative estimate of drug-likeness (QED) is 0.833. The van der Waals surface area contributed by atoms with E-state index in [0.717, 1.165) is 45.7 Å². The molecule has 0 aliphatic carbocycles. The zero-order valence-corrected chi connectivity index (χ0v) is 12.6. The first-order valence-electron chi connectivity index (χ1n) is 8.10. The lowest BCUT2D eigenvalue weighted by Gasteiger charge is -2.37. The smallest absolute Gasteiger partial charge is 0.257 e. The van der Waals surface area contributed by atoms with Gasteiger partial charge in [0.15, 0.2) is 0 Å². The van der Waals surface area contributed by atoms with Crippen LogP contribution in [0.4, 0.5) is 0 Å². The molecule has 1 aromatic rings. The maximum absolute atomic E-state index is 12.5. The Balaban J connectivity index is 1.42. The summed E-state index contributed by atoms with van der Waals surface area (Å²) in [5.41, 5.74) is 0.615. The molecule has 0 bridgehead atoms. The third kappa shape index (κ3) is 2.66. The number of hydrogen-bond acceptors (Lipinski definition) is 5. The van der Waals surface area contributed by atoms with Crippen molar-refractivity contribution in [2.75, 3.05) is 39.4 Å². The van der Waals surface area contributed by atoms with Crippen LogP contribution in [0.5, 0.6) is 0 Å². The van der Waals surface area contributed by atoms with E-state index < -0.39 is 0 Å². The minimum absolute atomic E-state index is 0.0313. The van der Waals surface area contributed by atoms with E-state index in [2.05, 4.69) is 4.90 Å².